The van der Waals surface area contributed by atoms with Gasteiger partial charge >= 0.3 is 0 Å². The van der Waals surface area contributed by atoms with Crippen LogP contribution < -0.4 is 10.6 Å². The average Bonchev–Trinajstić information content (AvgIpc) is 3.39. The SMILES string of the molecule is CN=C(NCCCCC1CCCC1)NCC1CC(=O)N(CCc2ccccc2)C1. The number of benzene rings is 1. The molecule has 1 heterocycles. The topological polar surface area (TPSA) is 56.7 Å². The Balaban J connectivity index is 1.28. The molecular weight excluding hydrogens is 360 g/mol. The molecule has 1 aliphatic heterocycles. The molecule has 2 aliphatic rings. The molecule has 3 rings (SSSR count). The Labute approximate surface area is 176 Å². The van der Waals surface area contributed by atoms with Crippen LogP contribution in [0.25, 0.3) is 0 Å². The summed E-state index contributed by atoms with van der Waals surface area (Å²) in [6.07, 6.45) is 11.2. The van der Waals surface area contributed by atoms with Gasteiger partial charge in [0.15, 0.2) is 5.96 Å². The number of carbonyl (C=O) groups is 1. The third-order valence-corrected chi connectivity index (χ3v) is 6.40. The van der Waals surface area contributed by atoms with E-state index in [4.69, 9.17) is 0 Å². The molecule has 2 N–H and O–H groups in total. The Morgan fingerprint density at radius 2 is 1.90 bits per heavy atom. The van der Waals surface area contributed by atoms with E-state index in [0.717, 1.165) is 44.5 Å². The number of unbranched alkanes of at least 4 members (excludes halogenated alkanes) is 1. The van der Waals surface area contributed by atoms with Crippen molar-refractivity contribution in [3.8, 4) is 0 Å². The van der Waals surface area contributed by atoms with Gasteiger partial charge in [-0.15, -0.1) is 0 Å². The van der Waals surface area contributed by atoms with Gasteiger partial charge in [0, 0.05) is 45.6 Å². The fraction of sp³-hybridized carbons (Fsp3) is 0.667. The molecule has 0 radical (unpaired) electrons. The maximum Gasteiger partial charge on any atom is 0.223 e. The van der Waals surface area contributed by atoms with Crippen LogP contribution >= 0.6 is 0 Å². The first-order valence-corrected chi connectivity index (χ1v) is 11.5. The van der Waals surface area contributed by atoms with Gasteiger partial charge in [-0.3, -0.25) is 9.79 Å². The van der Waals surface area contributed by atoms with Crippen molar-refractivity contribution in [2.75, 3.05) is 33.2 Å². The number of guanidine groups is 1. The standard InChI is InChI=1S/C24H38N4O/c1-25-24(26-15-8-7-13-20-11-5-6-12-20)27-18-22-17-23(29)28(19-22)16-14-21-9-3-2-4-10-21/h2-4,9-10,20,22H,5-8,11-19H2,1H3,(H2,25,26,27). The normalized spacial score (nSPS) is 20.4. The predicted molar refractivity (Wildman–Crippen MR) is 120 cm³/mol. The minimum atomic E-state index is 0.280. The van der Waals surface area contributed by atoms with Crippen molar-refractivity contribution in [1.82, 2.24) is 15.5 Å². The van der Waals surface area contributed by atoms with Gasteiger partial charge in [-0.25, -0.2) is 0 Å². The van der Waals surface area contributed by atoms with Crippen LogP contribution in [0.3, 0.4) is 0 Å². The van der Waals surface area contributed by atoms with E-state index < -0.39 is 0 Å². The molecule has 1 unspecified atom stereocenters. The number of carbonyl (C=O) groups excluding carboxylic acids is 1. The molecule has 0 spiro atoms. The van der Waals surface area contributed by atoms with Crippen molar-refractivity contribution in [2.45, 2.75) is 57.8 Å². The first-order chi connectivity index (χ1) is 14.2. The first-order valence-electron chi connectivity index (χ1n) is 11.5. The lowest BCUT2D eigenvalue weighted by Crippen LogP contribution is -2.40. The van der Waals surface area contributed by atoms with E-state index in [1.807, 2.05) is 18.0 Å². The maximum absolute atomic E-state index is 12.3. The van der Waals surface area contributed by atoms with Gasteiger partial charge < -0.3 is 15.5 Å². The van der Waals surface area contributed by atoms with Gasteiger partial charge in [0.2, 0.25) is 5.91 Å². The molecular formula is C24H38N4O. The van der Waals surface area contributed by atoms with Crippen LogP contribution in [-0.2, 0) is 11.2 Å². The van der Waals surface area contributed by atoms with Crippen LogP contribution in [0.4, 0.5) is 0 Å². The van der Waals surface area contributed by atoms with Crippen molar-refractivity contribution < 1.29 is 4.79 Å². The fourth-order valence-corrected chi connectivity index (χ4v) is 4.64. The van der Waals surface area contributed by atoms with Gasteiger partial charge in [-0.05, 0) is 24.3 Å². The van der Waals surface area contributed by atoms with E-state index in [2.05, 4.69) is 39.9 Å². The summed E-state index contributed by atoms with van der Waals surface area (Å²) in [5.74, 6) is 2.49. The smallest absolute Gasteiger partial charge is 0.223 e. The van der Waals surface area contributed by atoms with Crippen molar-refractivity contribution in [2.24, 2.45) is 16.8 Å². The number of amides is 1. The molecule has 2 fully saturated rings. The fourth-order valence-electron chi connectivity index (χ4n) is 4.64. The van der Waals surface area contributed by atoms with Gasteiger partial charge in [0.25, 0.3) is 0 Å². The lowest BCUT2D eigenvalue weighted by molar-refractivity contribution is -0.127. The average molecular weight is 399 g/mol. The second-order valence-electron chi connectivity index (χ2n) is 8.67. The zero-order valence-electron chi connectivity index (χ0n) is 18.0. The van der Waals surface area contributed by atoms with Crippen LogP contribution in [0.15, 0.2) is 35.3 Å². The lowest BCUT2D eigenvalue weighted by Gasteiger charge is -2.18. The van der Waals surface area contributed by atoms with E-state index in [0.29, 0.717) is 12.3 Å². The van der Waals surface area contributed by atoms with E-state index in [1.54, 1.807) is 0 Å². The molecule has 160 valence electrons. The summed E-state index contributed by atoms with van der Waals surface area (Å²) in [5.41, 5.74) is 1.29. The number of hydrogen-bond acceptors (Lipinski definition) is 2. The molecule has 1 atom stereocenters. The second kappa shape index (κ2) is 11.8. The monoisotopic (exact) mass is 398 g/mol. The zero-order chi connectivity index (χ0) is 20.3. The van der Waals surface area contributed by atoms with E-state index in [-0.39, 0.29) is 5.91 Å². The number of hydrogen-bond donors (Lipinski definition) is 2. The highest BCUT2D eigenvalue weighted by Gasteiger charge is 2.29. The highest BCUT2D eigenvalue weighted by Crippen LogP contribution is 2.28. The Morgan fingerprint density at radius 1 is 1.10 bits per heavy atom. The Bertz CT molecular complexity index is 640. The van der Waals surface area contributed by atoms with Crippen LogP contribution in [-0.4, -0.2) is 50.0 Å². The molecule has 1 aromatic rings. The summed E-state index contributed by atoms with van der Waals surface area (Å²) in [6, 6.07) is 10.4. The molecule has 5 nitrogen and oxygen atoms in total. The van der Waals surface area contributed by atoms with Gasteiger partial charge in [-0.1, -0.05) is 68.9 Å². The van der Waals surface area contributed by atoms with Crippen molar-refractivity contribution in [1.29, 1.82) is 0 Å². The summed E-state index contributed by atoms with van der Waals surface area (Å²) in [5, 5.41) is 6.85. The van der Waals surface area contributed by atoms with Crippen LogP contribution in [0.2, 0.25) is 0 Å². The minimum Gasteiger partial charge on any atom is -0.356 e. The largest absolute Gasteiger partial charge is 0.356 e. The van der Waals surface area contributed by atoms with E-state index in [9.17, 15) is 4.79 Å². The van der Waals surface area contributed by atoms with Crippen LogP contribution in [0, 0.1) is 11.8 Å². The van der Waals surface area contributed by atoms with Gasteiger partial charge in [0.05, 0.1) is 0 Å². The molecule has 1 aliphatic carbocycles. The molecule has 0 aromatic heterocycles. The summed E-state index contributed by atoms with van der Waals surface area (Å²) >= 11 is 0. The molecule has 29 heavy (non-hydrogen) atoms. The Hall–Kier alpha value is -2.04. The predicted octanol–water partition coefficient (Wildman–Crippen LogP) is 3.60. The van der Waals surface area contributed by atoms with Gasteiger partial charge in [0.1, 0.15) is 0 Å². The van der Waals surface area contributed by atoms with Crippen LogP contribution in [0.5, 0.6) is 0 Å². The third-order valence-electron chi connectivity index (χ3n) is 6.40. The van der Waals surface area contributed by atoms with Crippen molar-refractivity contribution in [3.63, 3.8) is 0 Å². The first kappa shape index (κ1) is 21.7. The highest BCUT2D eigenvalue weighted by molar-refractivity contribution is 5.80. The number of rotatable bonds is 10. The number of likely N-dealkylation sites (tertiary alicyclic amines) is 1. The Kier molecular flexibility index (Phi) is 8.84. The maximum atomic E-state index is 12.3. The molecule has 1 aromatic carbocycles. The number of nitrogens with zero attached hydrogens (tertiary/aromatic N) is 2. The van der Waals surface area contributed by atoms with E-state index >= 15 is 0 Å². The van der Waals surface area contributed by atoms with Crippen LogP contribution in [0.1, 0.15) is 56.9 Å². The molecule has 0 bridgehead atoms. The summed E-state index contributed by atoms with van der Waals surface area (Å²) in [7, 11) is 1.82. The molecule has 1 amide bonds. The van der Waals surface area contributed by atoms with E-state index in [1.165, 1.54) is 50.5 Å². The van der Waals surface area contributed by atoms with Gasteiger partial charge in [-0.2, -0.15) is 0 Å². The second-order valence-corrected chi connectivity index (χ2v) is 8.67. The molecule has 1 saturated heterocycles. The molecule has 1 saturated carbocycles. The number of nitrogens with one attached hydrogen (secondary N) is 2. The summed E-state index contributed by atoms with van der Waals surface area (Å²) < 4.78 is 0. The molecule has 5 heteroatoms. The number of aliphatic imine (C=N–C) groups is 1. The quantitative estimate of drug-likeness (QED) is 0.360. The minimum absolute atomic E-state index is 0.280. The summed E-state index contributed by atoms with van der Waals surface area (Å²) in [6.45, 7) is 3.43. The third kappa shape index (κ3) is 7.37. The van der Waals surface area contributed by atoms with Crippen molar-refractivity contribution >= 4 is 11.9 Å². The van der Waals surface area contributed by atoms with Crippen molar-refractivity contribution in [3.05, 3.63) is 35.9 Å². The zero-order valence-corrected chi connectivity index (χ0v) is 18.0. The lowest BCUT2D eigenvalue weighted by atomic mass is 10.0. The highest BCUT2D eigenvalue weighted by atomic mass is 16.2. The summed E-state index contributed by atoms with van der Waals surface area (Å²) in [4.78, 5) is 18.7. The Morgan fingerprint density at radius 3 is 2.66 bits per heavy atom.